The van der Waals surface area contributed by atoms with Crippen LogP contribution < -0.4 is 15.7 Å². The Morgan fingerprint density at radius 1 is 1.08 bits per heavy atom. The van der Waals surface area contributed by atoms with E-state index < -0.39 is 0 Å². The molecule has 1 aromatic rings. The van der Waals surface area contributed by atoms with Crippen molar-refractivity contribution < 1.29 is 0 Å². The lowest BCUT2D eigenvalue weighted by Crippen LogP contribution is -2.59. The van der Waals surface area contributed by atoms with Gasteiger partial charge in [0, 0.05) is 5.69 Å². The molecule has 1 heterocycles. The van der Waals surface area contributed by atoms with Crippen LogP contribution in [0.5, 0.6) is 0 Å². The van der Waals surface area contributed by atoms with Crippen LogP contribution in [0.1, 0.15) is 0 Å². The van der Waals surface area contributed by atoms with Crippen LogP contribution in [0.2, 0.25) is 0 Å². The Hall–Kier alpha value is -0.905. The van der Waals surface area contributed by atoms with Crippen molar-refractivity contribution in [1.82, 2.24) is 15.1 Å². The third-order valence-electron chi connectivity index (χ3n) is 1.92. The predicted molar refractivity (Wildman–Crippen MR) is 59.6 cm³/mol. The molecule has 3 N–H and O–H groups in total. The van der Waals surface area contributed by atoms with E-state index in [-0.39, 0.29) is 0 Å². The van der Waals surface area contributed by atoms with Gasteiger partial charge in [0.15, 0.2) is 0 Å². The molecule has 0 bridgehead atoms. The highest BCUT2D eigenvalue weighted by atomic mass is 15.5. The maximum absolute atomic E-state index is 3.29. The summed E-state index contributed by atoms with van der Waals surface area (Å²) in [7, 11) is 2.61. The van der Waals surface area contributed by atoms with Crippen LogP contribution in [0.25, 0.3) is 0 Å². The molecular formula is C6H11B3N4. The summed E-state index contributed by atoms with van der Waals surface area (Å²) in [6.07, 6.45) is 0. The van der Waals surface area contributed by atoms with Gasteiger partial charge in [-0.25, -0.2) is 0 Å². The summed E-state index contributed by atoms with van der Waals surface area (Å²) in [5, 5.41) is 6.41. The summed E-state index contributed by atoms with van der Waals surface area (Å²) in [4.78, 5) is 2.08. The van der Waals surface area contributed by atoms with Crippen molar-refractivity contribution in [3.63, 3.8) is 0 Å². The second kappa shape index (κ2) is 4.36. The number of para-hydroxylation sites is 1. The number of anilines is 1. The Morgan fingerprint density at radius 2 is 1.77 bits per heavy atom. The fourth-order valence-corrected chi connectivity index (χ4v) is 1.30. The van der Waals surface area contributed by atoms with E-state index in [1.54, 1.807) is 0 Å². The van der Waals surface area contributed by atoms with Gasteiger partial charge in [0.05, 0.1) is 0 Å². The van der Waals surface area contributed by atoms with Gasteiger partial charge < -0.3 is 15.7 Å². The van der Waals surface area contributed by atoms with Gasteiger partial charge >= 0.3 is 0 Å². The number of hydrogen-bond acceptors (Lipinski definition) is 4. The number of rotatable bonds is 2. The summed E-state index contributed by atoms with van der Waals surface area (Å²) >= 11 is 0. The summed E-state index contributed by atoms with van der Waals surface area (Å²) in [6, 6.07) is 10.2. The molecular weight excluding hydrogens is 161 g/mol. The Labute approximate surface area is 79.9 Å². The van der Waals surface area contributed by atoms with Crippen LogP contribution in [-0.4, -0.2) is 27.5 Å². The van der Waals surface area contributed by atoms with E-state index in [0.29, 0.717) is 0 Å². The SMILES string of the molecule is B1NBN(Nc2ccccc2)BN1. The van der Waals surface area contributed by atoms with Crippen LogP contribution in [0, 0.1) is 0 Å². The topological polar surface area (TPSA) is 39.3 Å². The third-order valence-corrected chi connectivity index (χ3v) is 1.92. The van der Waals surface area contributed by atoms with Crippen molar-refractivity contribution >= 4 is 28.3 Å². The number of nitrogens with zero attached hydrogens (tertiary/aromatic N) is 1. The normalized spacial score (nSPS) is 16.6. The second-order valence-corrected chi connectivity index (χ2v) is 3.01. The van der Waals surface area contributed by atoms with Gasteiger partial charge in [-0.1, -0.05) is 18.2 Å². The first-order chi connectivity index (χ1) is 6.45. The van der Waals surface area contributed by atoms with Crippen molar-refractivity contribution in [1.29, 1.82) is 0 Å². The molecule has 0 aliphatic carbocycles. The Morgan fingerprint density at radius 3 is 2.46 bits per heavy atom. The number of benzene rings is 1. The molecule has 0 atom stereocenters. The van der Waals surface area contributed by atoms with Crippen molar-refractivity contribution in [3.05, 3.63) is 30.3 Å². The molecule has 0 aromatic heterocycles. The Kier molecular flexibility index (Phi) is 2.92. The largest absolute Gasteiger partial charge is 0.376 e. The van der Waals surface area contributed by atoms with Gasteiger partial charge in [-0.05, 0) is 12.1 Å². The summed E-state index contributed by atoms with van der Waals surface area (Å²) in [5.41, 5.74) is 4.41. The van der Waals surface area contributed by atoms with Crippen LogP contribution in [0.15, 0.2) is 30.3 Å². The molecule has 0 amide bonds. The fraction of sp³-hybridized carbons (Fsp3) is 0. The van der Waals surface area contributed by atoms with Crippen LogP contribution in [0.3, 0.4) is 0 Å². The molecule has 13 heavy (non-hydrogen) atoms. The van der Waals surface area contributed by atoms with E-state index in [1.165, 1.54) is 0 Å². The predicted octanol–water partition coefficient (Wildman–Crippen LogP) is -1.69. The van der Waals surface area contributed by atoms with E-state index >= 15 is 0 Å². The van der Waals surface area contributed by atoms with Crippen molar-refractivity contribution in [2.75, 3.05) is 5.43 Å². The maximum atomic E-state index is 3.29. The van der Waals surface area contributed by atoms with Crippen molar-refractivity contribution in [2.24, 2.45) is 0 Å². The Bertz CT molecular complexity index is 251. The Balaban J connectivity index is 1.90. The molecule has 1 aliphatic heterocycles. The molecule has 1 aliphatic rings. The third kappa shape index (κ3) is 2.52. The molecule has 7 heteroatoms. The van der Waals surface area contributed by atoms with Gasteiger partial charge in [-0.15, -0.1) is 0 Å². The molecule has 4 nitrogen and oxygen atoms in total. The second-order valence-electron chi connectivity index (χ2n) is 3.01. The summed E-state index contributed by atoms with van der Waals surface area (Å²) < 4.78 is 0. The minimum absolute atomic E-state index is 0.863. The highest BCUT2D eigenvalue weighted by molar-refractivity contribution is 6.65. The van der Waals surface area contributed by atoms with E-state index in [1.807, 2.05) is 18.2 Å². The van der Waals surface area contributed by atoms with E-state index in [2.05, 4.69) is 32.7 Å². The monoisotopic (exact) mass is 172 g/mol. The van der Waals surface area contributed by atoms with Crippen LogP contribution in [0.4, 0.5) is 5.69 Å². The lowest BCUT2D eigenvalue weighted by molar-refractivity contribution is 0.789. The zero-order valence-electron chi connectivity index (χ0n) is 7.46. The standard InChI is InChI=1S/C6H11B3N4/c1-2-4-6(5-3-1)10-13-8-11-7-12-9-13/h1-5,7-12H. The molecule has 1 saturated heterocycles. The van der Waals surface area contributed by atoms with Crippen LogP contribution >= 0.6 is 0 Å². The average molecular weight is 172 g/mol. The molecule has 2 rings (SSSR count). The van der Waals surface area contributed by atoms with E-state index in [9.17, 15) is 0 Å². The molecule has 64 valence electrons. The lowest BCUT2D eigenvalue weighted by Gasteiger charge is -2.27. The van der Waals surface area contributed by atoms with E-state index in [4.69, 9.17) is 0 Å². The first-order valence-electron chi connectivity index (χ1n) is 4.43. The molecule has 0 saturated carbocycles. The van der Waals surface area contributed by atoms with Gasteiger partial charge in [0.25, 0.3) is 22.6 Å². The van der Waals surface area contributed by atoms with Crippen molar-refractivity contribution in [2.45, 2.75) is 0 Å². The minimum Gasteiger partial charge on any atom is -0.376 e. The molecule has 0 radical (unpaired) electrons. The molecule has 0 spiro atoms. The quantitative estimate of drug-likeness (QED) is 0.465. The smallest absolute Gasteiger partial charge is 0.286 e. The van der Waals surface area contributed by atoms with Gasteiger partial charge in [0.2, 0.25) is 0 Å². The lowest BCUT2D eigenvalue weighted by atomic mass is 9.83. The van der Waals surface area contributed by atoms with E-state index in [0.717, 1.165) is 28.3 Å². The molecule has 0 unspecified atom stereocenters. The maximum Gasteiger partial charge on any atom is 0.286 e. The van der Waals surface area contributed by atoms with Gasteiger partial charge in [-0.3, -0.25) is 4.83 Å². The average Bonchev–Trinajstić information content (AvgIpc) is 2.21. The molecule has 1 fully saturated rings. The summed E-state index contributed by atoms with van der Waals surface area (Å²) in [6.45, 7) is 0. The van der Waals surface area contributed by atoms with Crippen LogP contribution in [-0.2, 0) is 0 Å². The minimum atomic E-state index is 0.863. The molecule has 1 aromatic carbocycles. The van der Waals surface area contributed by atoms with Crippen molar-refractivity contribution in [3.8, 4) is 0 Å². The first kappa shape index (κ1) is 8.68. The zero-order chi connectivity index (χ0) is 8.93. The fourth-order valence-electron chi connectivity index (χ4n) is 1.30. The highest BCUT2D eigenvalue weighted by Gasteiger charge is 2.12. The number of hydrogen-bond donors (Lipinski definition) is 3. The number of nitrogens with one attached hydrogen (secondary N) is 3. The highest BCUT2D eigenvalue weighted by Crippen LogP contribution is 2.04. The van der Waals surface area contributed by atoms with Gasteiger partial charge in [0.1, 0.15) is 0 Å². The summed E-state index contributed by atoms with van der Waals surface area (Å²) in [5.74, 6) is 0. The number of hydrazine groups is 1. The first-order valence-corrected chi connectivity index (χ1v) is 4.43. The van der Waals surface area contributed by atoms with Gasteiger partial charge in [-0.2, -0.15) is 0 Å². The zero-order valence-corrected chi connectivity index (χ0v) is 7.46.